The molecule has 0 aromatic rings. The molecule has 0 bridgehead atoms. The van der Waals surface area contributed by atoms with Crippen LogP contribution in [0.2, 0.25) is 0 Å². The van der Waals surface area contributed by atoms with Gasteiger partial charge in [-0.1, -0.05) is 0 Å². The van der Waals surface area contributed by atoms with Gasteiger partial charge in [-0.2, -0.15) is 0 Å². The quantitative estimate of drug-likeness (QED) is 0.632. The highest BCUT2D eigenvalue weighted by Gasteiger charge is 2.21. The summed E-state index contributed by atoms with van der Waals surface area (Å²) in [5.41, 5.74) is 0. The maximum atomic E-state index is 10.6. The van der Waals surface area contributed by atoms with Gasteiger partial charge < -0.3 is 10.1 Å². The Kier molecular flexibility index (Phi) is 3.53. The fourth-order valence-electron chi connectivity index (χ4n) is 1.70. The molecule has 1 saturated carbocycles. The molecule has 0 amide bonds. The monoisotopic (exact) mass is 171 g/mol. The third-order valence-corrected chi connectivity index (χ3v) is 2.42. The molecule has 0 aromatic carbocycles. The van der Waals surface area contributed by atoms with Crippen molar-refractivity contribution < 1.29 is 9.53 Å². The average molecular weight is 171 g/mol. The molecule has 0 heterocycles. The highest BCUT2D eigenvalue weighted by atomic mass is 16.5. The van der Waals surface area contributed by atoms with Crippen LogP contribution in [-0.4, -0.2) is 25.2 Å². The highest BCUT2D eigenvalue weighted by Crippen LogP contribution is 2.20. The number of hydrogen-bond acceptors (Lipinski definition) is 3. The Labute approximate surface area is 73.5 Å². The smallest absolute Gasteiger partial charge is 0.302 e. The van der Waals surface area contributed by atoms with Crippen molar-refractivity contribution in [1.29, 1.82) is 0 Å². The maximum Gasteiger partial charge on any atom is 0.302 e. The molecule has 1 aliphatic rings. The van der Waals surface area contributed by atoms with Gasteiger partial charge in [0.2, 0.25) is 0 Å². The summed E-state index contributed by atoms with van der Waals surface area (Å²) in [5, 5.41) is 3.24. The molecule has 70 valence electrons. The van der Waals surface area contributed by atoms with Crippen LogP contribution in [0.15, 0.2) is 0 Å². The van der Waals surface area contributed by atoms with E-state index in [1.54, 1.807) is 0 Å². The Morgan fingerprint density at radius 2 is 1.92 bits per heavy atom. The number of hydrogen-bond donors (Lipinski definition) is 1. The lowest BCUT2D eigenvalue weighted by atomic mass is 9.93. The molecular weight excluding hydrogens is 154 g/mol. The molecule has 1 aliphatic carbocycles. The summed E-state index contributed by atoms with van der Waals surface area (Å²) in [4.78, 5) is 10.6. The SMILES string of the molecule is CNC1CCC(OC(C)=O)CC1. The van der Waals surface area contributed by atoms with E-state index in [0.29, 0.717) is 6.04 Å². The predicted molar refractivity (Wildman–Crippen MR) is 46.9 cm³/mol. The van der Waals surface area contributed by atoms with Crippen molar-refractivity contribution in [3.8, 4) is 0 Å². The number of carbonyl (C=O) groups excluding carboxylic acids is 1. The van der Waals surface area contributed by atoms with Crippen LogP contribution in [0.4, 0.5) is 0 Å². The molecule has 12 heavy (non-hydrogen) atoms. The first-order chi connectivity index (χ1) is 5.72. The summed E-state index contributed by atoms with van der Waals surface area (Å²) in [5.74, 6) is -0.150. The van der Waals surface area contributed by atoms with Crippen molar-refractivity contribution in [1.82, 2.24) is 5.32 Å². The van der Waals surface area contributed by atoms with Crippen molar-refractivity contribution >= 4 is 5.97 Å². The molecule has 0 aromatic heterocycles. The van der Waals surface area contributed by atoms with Crippen molar-refractivity contribution in [3.05, 3.63) is 0 Å². The first-order valence-corrected chi connectivity index (χ1v) is 4.57. The van der Waals surface area contributed by atoms with Crippen molar-refractivity contribution in [2.24, 2.45) is 0 Å². The third kappa shape index (κ3) is 2.81. The van der Waals surface area contributed by atoms with Gasteiger partial charge in [0.25, 0.3) is 0 Å². The molecule has 0 saturated heterocycles. The normalized spacial score (nSPS) is 29.8. The van der Waals surface area contributed by atoms with Crippen LogP contribution >= 0.6 is 0 Å². The Morgan fingerprint density at radius 3 is 2.33 bits per heavy atom. The summed E-state index contributed by atoms with van der Waals surface area (Å²) in [6, 6.07) is 0.622. The Morgan fingerprint density at radius 1 is 1.33 bits per heavy atom. The van der Waals surface area contributed by atoms with E-state index in [1.807, 2.05) is 7.05 Å². The molecule has 1 N–H and O–H groups in total. The molecule has 0 atom stereocenters. The highest BCUT2D eigenvalue weighted by molar-refractivity contribution is 5.66. The van der Waals surface area contributed by atoms with Gasteiger partial charge in [-0.25, -0.2) is 0 Å². The van der Waals surface area contributed by atoms with E-state index in [2.05, 4.69) is 5.32 Å². The number of nitrogens with one attached hydrogen (secondary N) is 1. The summed E-state index contributed by atoms with van der Waals surface area (Å²) >= 11 is 0. The van der Waals surface area contributed by atoms with Gasteiger partial charge in [0, 0.05) is 13.0 Å². The van der Waals surface area contributed by atoms with Gasteiger partial charge >= 0.3 is 5.97 Å². The minimum Gasteiger partial charge on any atom is -0.463 e. The van der Waals surface area contributed by atoms with E-state index >= 15 is 0 Å². The number of rotatable bonds is 2. The standard InChI is InChI=1S/C9H17NO2/c1-7(11)12-9-5-3-8(10-2)4-6-9/h8-10H,3-6H2,1-2H3. The zero-order valence-electron chi connectivity index (χ0n) is 7.80. The summed E-state index contributed by atoms with van der Waals surface area (Å²) in [6.07, 6.45) is 4.42. The Balaban J connectivity index is 2.21. The van der Waals surface area contributed by atoms with Crippen LogP contribution in [0.25, 0.3) is 0 Å². The van der Waals surface area contributed by atoms with E-state index in [1.165, 1.54) is 6.92 Å². The summed E-state index contributed by atoms with van der Waals surface area (Å²) < 4.78 is 5.12. The van der Waals surface area contributed by atoms with E-state index in [-0.39, 0.29) is 12.1 Å². The lowest BCUT2D eigenvalue weighted by Crippen LogP contribution is -2.33. The second-order valence-corrected chi connectivity index (χ2v) is 3.37. The molecule has 0 radical (unpaired) electrons. The van der Waals surface area contributed by atoms with Crippen LogP contribution in [0.3, 0.4) is 0 Å². The van der Waals surface area contributed by atoms with Crippen molar-refractivity contribution in [3.63, 3.8) is 0 Å². The molecule has 1 rings (SSSR count). The lowest BCUT2D eigenvalue weighted by Gasteiger charge is -2.27. The minimum absolute atomic E-state index is 0.150. The van der Waals surface area contributed by atoms with E-state index in [0.717, 1.165) is 25.7 Å². The van der Waals surface area contributed by atoms with E-state index in [9.17, 15) is 4.79 Å². The van der Waals surface area contributed by atoms with Gasteiger partial charge in [-0.15, -0.1) is 0 Å². The fourth-order valence-corrected chi connectivity index (χ4v) is 1.70. The molecule has 3 heteroatoms. The van der Waals surface area contributed by atoms with Gasteiger partial charge in [-0.05, 0) is 32.7 Å². The predicted octanol–water partition coefficient (Wildman–Crippen LogP) is 1.08. The van der Waals surface area contributed by atoms with Crippen molar-refractivity contribution in [2.75, 3.05) is 7.05 Å². The molecule has 1 fully saturated rings. The molecule has 0 aliphatic heterocycles. The molecular formula is C9H17NO2. The number of carbonyl (C=O) groups is 1. The molecule has 3 nitrogen and oxygen atoms in total. The van der Waals surface area contributed by atoms with Crippen LogP contribution < -0.4 is 5.32 Å². The lowest BCUT2D eigenvalue weighted by molar-refractivity contribution is -0.147. The summed E-state index contributed by atoms with van der Waals surface area (Å²) in [6.45, 7) is 1.48. The average Bonchev–Trinajstić information content (AvgIpc) is 2.05. The van der Waals surface area contributed by atoms with Gasteiger partial charge in [0.1, 0.15) is 6.10 Å². The Hall–Kier alpha value is -0.570. The second-order valence-electron chi connectivity index (χ2n) is 3.37. The molecule has 0 spiro atoms. The number of esters is 1. The fraction of sp³-hybridized carbons (Fsp3) is 0.889. The van der Waals surface area contributed by atoms with Gasteiger partial charge in [0.05, 0.1) is 0 Å². The zero-order valence-corrected chi connectivity index (χ0v) is 7.80. The minimum atomic E-state index is -0.150. The van der Waals surface area contributed by atoms with Gasteiger partial charge in [0.15, 0.2) is 0 Å². The third-order valence-electron chi connectivity index (χ3n) is 2.42. The zero-order chi connectivity index (χ0) is 8.97. The first-order valence-electron chi connectivity index (χ1n) is 4.57. The second kappa shape index (κ2) is 4.45. The summed E-state index contributed by atoms with van der Waals surface area (Å²) in [7, 11) is 1.98. The van der Waals surface area contributed by atoms with Crippen LogP contribution in [-0.2, 0) is 9.53 Å². The topological polar surface area (TPSA) is 38.3 Å². The Bertz CT molecular complexity index is 151. The van der Waals surface area contributed by atoms with Gasteiger partial charge in [-0.3, -0.25) is 4.79 Å². The maximum absolute atomic E-state index is 10.6. The van der Waals surface area contributed by atoms with E-state index < -0.39 is 0 Å². The largest absolute Gasteiger partial charge is 0.463 e. The van der Waals surface area contributed by atoms with Crippen LogP contribution in [0.5, 0.6) is 0 Å². The molecule has 0 unspecified atom stereocenters. The van der Waals surface area contributed by atoms with Crippen LogP contribution in [0.1, 0.15) is 32.6 Å². The van der Waals surface area contributed by atoms with Crippen LogP contribution in [0, 0.1) is 0 Å². The van der Waals surface area contributed by atoms with E-state index in [4.69, 9.17) is 4.74 Å². The first kappa shape index (κ1) is 9.52. The van der Waals surface area contributed by atoms with Crippen molar-refractivity contribution in [2.45, 2.75) is 44.8 Å². The number of ether oxygens (including phenoxy) is 1.